The second-order valence-electron chi connectivity index (χ2n) is 4.69. The average Bonchev–Trinajstić information content (AvgIpc) is 2.45. The molecule has 7 nitrogen and oxygen atoms in total. The summed E-state index contributed by atoms with van der Waals surface area (Å²) in [5.41, 5.74) is -0.0116. The SMILES string of the molecule is COc1ccc(C(=O)N2CCC[C@H](O)C2)cc1[N+](=O)[O-]. The van der Waals surface area contributed by atoms with Gasteiger partial charge in [0.15, 0.2) is 5.75 Å². The zero-order valence-electron chi connectivity index (χ0n) is 11.1. The fraction of sp³-hybridized carbons (Fsp3) is 0.462. The van der Waals surface area contributed by atoms with Crippen LogP contribution in [0.25, 0.3) is 0 Å². The van der Waals surface area contributed by atoms with Crippen LogP contribution in [0.5, 0.6) is 5.75 Å². The van der Waals surface area contributed by atoms with Crippen LogP contribution in [0.4, 0.5) is 5.69 Å². The molecule has 0 spiro atoms. The minimum atomic E-state index is -0.583. The van der Waals surface area contributed by atoms with E-state index in [2.05, 4.69) is 0 Å². The van der Waals surface area contributed by atoms with Crippen LogP contribution in [0.15, 0.2) is 18.2 Å². The number of hydrogen-bond donors (Lipinski definition) is 1. The molecular weight excluding hydrogens is 264 g/mol. The number of aliphatic hydroxyl groups excluding tert-OH is 1. The van der Waals surface area contributed by atoms with Crippen LogP contribution in [0.3, 0.4) is 0 Å². The van der Waals surface area contributed by atoms with Crippen molar-refractivity contribution in [1.29, 1.82) is 0 Å². The Balaban J connectivity index is 2.26. The van der Waals surface area contributed by atoms with Crippen molar-refractivity contribution < 1.29 is 19.6 Å². The molecule has 1 atom stereocenters. The van der Waals surface area contributed by atoms with Crippen molar-refractivity contribution in [2.75, 3.05) is 20.2 Å². The van der Waals surface area contributed by atoms with Gasteiger partial charge in [-0.05, 0) is 25.0 Å². The quantitative estimate of drug-likeness (QED) is 0.663. The number of rotatable bonds is 3. The van der Waals surface area contributed by atoms with Crippen LogP contribution in [-0.2, 0) is 0 Å². The monoisotopic (exact) mass is 280 g/mol. The molecule has 1 amide bonds. The van der Waals surface area contributed by atoms with E-state index in [4.69, 9.17) is 4.74 Å². The molecule has 0 bridgehead atoms. The first-order valence-corrected chi connectivity index (χ1v) is 6.32. The Kier molecular flexibility index (Phi) is 4.19. The highest BCUT2D eigenvalue weighted by Gasteiger charge is 2.25. The summed E-state index contributed by atoms with van der Waals surface area (Å²) in [4.78, 5) is 24.1. The molecule has 2 rings (SSSR count). The lowest BCUT2D eigenvalue weighted by atomic mass is 10.1. The third kappa shape index (κ3) is 2.88. The van der Waals surface area contributed by atoms with E-state index in [-0.39, 0.29) is 29.5 Å². The third-order valence-electron chi connectivity index (χ3n) is 3.31. The summed E-state index contributed by atoms with van der Waals surface area (Å²) in [6.07, 6.45) is 0.874. The summed E-state index contributed by atoms with van der Waals surface area (Å²) in [6, 6.07) is 4.11. The molecule has 1 heterocycles. The molecule has 1 aliphatic heterocycles. The lowest BCUT2D eigenvalue weighted by Gasteiger charge is -2.30. The number of nitro groups is 1. The van der Waals surface area contributed by atoms with Gasteiger partial charge in [-0.1, -0.05) is 0 Å². The highest BCUT2D eigenvalue weighted by molar-refractivity contribution is 5.95. The summed E-state index contributed by atoms with van der Waals surface area (Å²) < 4.78 is 4.90. The molecule has 0 radical (unpaired) electrons. The number of hydrogen-bond acceptors (Lipinski definition) is 5. The highest BCUT2D eigenvalue weighted by atomic mass is 16.6. The Morgan fingerprint density at radius 2 is 2.30 bits per heavy atom. The summed E-state index contributed by atoms with van der Waals surface area (Å²) in [5, 5.41) is 20.5. The number of likely N-dealkylation sites (tertiary alicyclic amines) is 1. The maximum absolute atomic E-state index is 12.3. The van der Waals surface area contributed by atoms with Crippen LogP contribution < -0.4 is 4.74 Å². The molecular formula is C13H16N2O5. The van der Waals surface area contributed by atoms with Crippen molar-refractivity contribution in [3.8, 4) is 5.75 Å². The number of piperidine rings is 1. The van der Waals surface area contributed by atoms with E-state index < -0.39 is 11.0 Å². The molecule has 1 aliphatic rings. The maximum Gasteiger partial charge on any atom is 0.311 e. The van der Waals surface area contributed by atoms with Crippen molar-refractivity contribution in [3.63, 3.8) is 0 Å². The summed E-state index contributed by atoms with van der Waals surface area (Å²) >= 11 is 0. The van der Waals surface area contributed by atoms with Gasteiger partial charge in [0.2, 0.25) is 0 Å². The summed E-state index contributed by atoms with van der Waals surface area (Å²) in [7, 11) is 1.34. The number of aliphatic hydroxyl groups is 1. The molecule has 0 unspecified atom stereocenters. The summed E-state index contributed by atoms with van der Waals surface area (Å²) in [6.45, 7) is 0.814. The second-order valence-corrected chi connectivity index (χ2v) is 4.69. The maximum atomic E-state index is 12.3. The number of carbonyl (C=O) groups excluding carboxylic acids is 1. The minimum Gasteiger partial charge on any atom is -0.490 e. The molecule has 0 aromatic heterocycles. The molecule has 1 fully saturated rings. The van der Waals surface area contributed by atoms with Crippen molar-refractivity contribution in [2.45, 2.75) is 18.9 Å². The molecule has 0 aliphatic carbocycles. The Morgan fingerprint density at radius 1 is 1.55 bits per heavy atom. The number of nitro benzene ring substituents is 1. The van der Waals surface area contributed by atoms with Crippen molar-refractivity contribution in [1.82, 2.24) is 4.90 Å². The number of ether oxygens (including phenoxy) is 1. The van der Waals surface area contributed by atoms with Crippen LogP contribution in [0.2, 0.25) is 0 Å². The van der Waals surface area contributed by atoms with Crippen LogP contribution in [-0.4, -0.2) is 47.1 Å². The van der Waals surface area contributed by atoms with Gasteiger partial charge >= 0.3 is 5.69 Å². The van der Waals surface area contributed by atoms with E-state index in [1.54, 1.807) is 0 Å². The van der Waals surface area contributed by atoms with Crippen LogP contribution in [0.1, 0.15) is 23.2 Å². The number of methoxy groups -OCH3 is 1. The van der Waals surface area contributed by atoms with E-state index in [9.17, 15) is 20.0 Å². The molecule has 1 aromatic rings. The van der Waals surface area contributed by atoms with Gasteiger partial charge in [0.1, 0.15) is 0 Å². The van der Waals surface area contributed by atoms with E-state index in [1.807, 2.05) is 0 Å². The van der Waals surface area contributed by atoms with E-state index in [1.165, 1.54) is 30.2 Å². The number of nitrogens with zero attached hydrogens (tertiary/aromatic N) is 2. The lowest BCUT2D eigenvalue weighted by Crippen LogP contribution is -2.42. The fourth-order valence-electron chi connectivity index (χ4n) is 2.29. The largest absolute Gasteiger partial charge is 0.490 e. The number of amides is 1. The Labute approximate surface area is 115 Å². The van der Waals surface area contributed by atoms with Gasteiger partial charge in [0, 0.05) is 24.7 Å². The molecule has 108 valence electrons. The van der Waals surface area contributed by atoms with Crippen LogP contribution in [0, 0.1) is 10.1 Å². The lowest BCUT2D eigenvalue weighted by molar-refractivity contribution is -0.385. The van der Waals surface area contributed by atoms with E-state index in [0.29, 0.717) is 13.0 Å². The van der Waals surface area contributed by atoms with Gasteiger partial charge in [-0.3, -0.25) is 14.9 Å². The van der Waals surface area contributed by atoms with Crippen molar-refractivity contribution >= 4 is 11.6 Å². The van der Waals surface area contributed by atoms with Gasteiger partial charge in [-0.15, -0.1) is 0 Å². The molecule has 0 saturated carbocycles. The number of benzene rings is 1. The smallest absolute Gasteiger partial charge is 0.311 e. The van der Waals surface area contributed by atoms with Gasteiger partial charge in [0.25, 0.3) is 5.91 Å². The Hall–Kier alpha value is -2.15. The topological polar surface area (TPSA) is 92.9 Å². The summed E-state index contributed by atoms with van der Waals surface area (Å²) in [5.74, 6) is -0.195. The Bertz CT molecular complexity index is 531. The zero-order valence-corrected chi connectivity index (χ0v) is 11.1. The van der Waals surface area contributed by atoms with Gasteiger partial charge < -0.3 is 14.7 Å². The van der Waals surface area contributed by atoms with Gasteiger partial charge in [-0.2, -0.15) is 0 Å². The first-order chi connectivity index (χ1) is 9.52. The third-order valence-corrected chi connectivity index (χ3v) is 3.31. The molecule has 7 heteroatoms. The standard InChI is InChI=1S/C13H16N2O5/c1-20-12-5-4-9(7-11(12)15(18)19)13(17)14-6-2-3-10(16)8-14/h4-5,7,10,16H,2-3,6,8H2,1H3/t10-/m0/s1. The molecule has 1 N–H and O–H groups in total. The van der Waals surface area contributed by atoms with Gasteiger partial charge in [0.05, 0.1) is 18.1 Å². The predicted octanol–water partition coefficient (Wildman–Crippen LogP) is 1.20. The fourth-order valence-corrected chi connectivity index (χ4v) is 2.29. The average molecular weight is 280 g/mol. The minimum absolute atomic E-state index is 0.116. The predicted molar refractivity (Wildman–Crippen MR) is 70.8 cm³/mol. The number of carbonyl (C=O) groups is 1. The van der Waals surface area contributed by atoms with E-state index in [0.717, 1.165) is 6.42 Å². The first-order valence-electron chi connectivity index (χ1n) is 6.32. The molecule has 20 heavy (non-hydrogen) atoms. The first kappa shape index (κ1) is 14.3. The van der Waals surface area contributed by atoms with Crippen LogP contribution >= 0.6 is 0 Å². The zero-order chi connectivity index (χ0) is 14.7. The normalized spacial score (nSPS) is 18.7. The van der Waals surface area contributed by atoms with Gasteiger partial charge in [-0.25, -0.2) is 0 Å². The molecule has 1 aromatic carbocycles. The van der Waals surface area contributed by atoms with E-state index >= 15 is 0 Å². The Morgan fingerprint density at radius 3 is 2.90 bits per heavy atom. The number of β-amino-alcohol motifs (C(OH)–C–C–N with tert-alkyl or cyclic N) is 1. The highest BCUT2D eigenvalue weighted by Crippen LogP contribution is 2.28. The molecule has 1 saturated heterocycles. The van der Waals surface area contributed by atoms with Crippen molar-refractivity contribution in [3.05, 3.63) is 33.9 Å². The second kappa shape index (κ2) is 5.87. The van der Waals surface area contributed by atoms with Crippen molar-refractivity contribution in [2.24, 2.45) is 0 Å².